The molecule has 0 aliphatic heterocycles. The molecule has 10 nitrogen and oxygen atoms in total. The first kappa shape index (κ1) is 25.3. The molecule has 0 aliphatic carbocycles. The van der Waals surface area contributed by atoms with Gasteiger partial charge in [0.25, 0.3) is 0 Å². The number of rotatable bonds is 14. The van der Waals surface area contributed by atoms with E-state index in [0.717, 1.165) is 0 Å². The van der Waals surface area contributed by atoms with E-state index in [1.165, 1.54) is 13.8 Å². The van der Waals surface area contributed by atoms with Gasteiger partial charge in [0.1, 0.15) is 13.2 Å². The molecule has 0 saturated heterocycles. The number of hydrogen-bond donors (Lipinski definition) is 2. The van der Waals surface area contributed by atoms with Crippen LogP contribution in [-0.4, -0.2) is 76.5 Å². The Morgan fingerprint density at radius 1 is 0.643 bits per heavy atom. The SMILES string of the molecule is C=C(C)C(=O)OCCOCCNC(=O)C(=O)NCCOCCOC(=O)C(=C)C. The minimum absolute atomic E-state index is 0.0759. The van der Waals surface area contributed by atoms with Gasteiger partial charge in [-0.2, -0.15) is 0 Å². The molecular weight excluding hydrogens is 372 g/mol. The topological polar surface area (TPSA) is 129 Å². The van der Waals surface area contributed by atoms with Crippen LogP contribution >= 0.6 is 0 Å². The molecule has 0 fully saturated rings. The lowest BCUT2D eigenvalue weighted by molar-refractivity contribution is -0.141. The number of carbonyl (C=O) groups excluding carboxylic acids is 4. The molecule has 0 unspecified atom stereocenters. The molecule has 0 atom stereocenters. The summed E-state index contributed by atoms with van der Waals surface area (Å²) in [5.74, 6) is -2.59. The first-order valence-corrected chi connectivity index (χ1v) is 8.62. The summed E-state index contributed by atoms with van der Waals surface area (Å²) >= 11 is 0. The van der Waals surface area contributed by atoms with Crippen molar-refractivity contribution >= 4 is 23.8 Å². The number of ether oxygens (including phenoxy) is 4. The number of hydrogen-bond acceptors (Lipinski definition) is 8. The highest BCUT2D eigenvalue weighted by Gasteiger charge is 2.11. The molecule has 0 aromatic rings. The van der Waals surface area contributed by atoms with Gasteiger partial charge in [0.05, 0.1) is 26.4 Å². The number of nitrogens with one attached hydrogen (secondary N) is 2. The summed E-state index contributed by atoms with van der Waals surface area (Å²) in [6.45, 7) is 11.0. The molecule has 2 N–H and O–H groups in total. The summed E-state index contributed by atoms with van der Waals surface area (Å²) in [5, 5.41) is 4.76. The van der Waals surface area contributed by atoms with E-state index in [4.69, 9.17) is 18.9 Å². The molecule has 0 rings (SSSR count). The van der Waals surface area contributed by atoms with E-state index in [9.17, 15) is 19.2 Å². The zero-order valence-corrected chi connectivity index (χ0v) is 16.3. The summed E-state index contributed by atoms with van der Waals surface area (Å²) in [6, 6.07) is 0. The fourth-order valence-electron chi connectivity index (χ4n) is 1.47. The van der Waals surface area contributed by atoms with Gasteiger partial charge >= 0.3 is 23.8 Å². The highest BCUT2D eigenvalue weighted by molar-refractivity contribution is 6.35. The van der Waals surface area contributed by atoms with Crippen LogP contribution in [0.5, 0.6) is 0 Å². The largest absolute Gasteiger partial charge is 0.460 e. The molecule has 0 heterocycles. The van der Waals surface area contributed by atoms with Crippen LogP contribution in [0.2, 0.25) is 0 Å². The molecule has 0 saturated carbocycles. The van der Waals surface area contributed by atoms with Crippen LogP contribution < -0.4 is 10.6 Å². The number of amides is 2. The van der Waals surface area contributed by atoms with Crippen LogP contribution in [-0.2, 0) is 38.1 Å². The average Bonchev–Trinajstić information content (AvgIpc) is 2.65. The van der Waals surface area contributed by atoms with Gasteiger partial charge in [-0.05, 0) is 13.8 Å². The number of carbonyl (C=O) groups is 4. The molecule has 28 heavy (non-hydrogen) atoms. The van der Waals surface area contributed by atoms with E-state index in [-0.39, 0.29) is 52.7 Å². The molecule has 0 radical (unpaired) electrons. The predicted octanol–water partition coefficient (Wildman–Crippen LogP) is -0.509. The summed E-state index contributed by atoms with van der Waals surface area (Å²) in [7, 11) is 0. The van der Waals surface area contributed by atoms with Crippen molar-refractivity contribution in [2.24, 2.45) is 0 Å². The second-order valence-electron chi connectivity index (χ2n) is 5.57. The first-order chi connectivity index (χ1) is 13.3. The van der Waals surface area contributed by atoms with Crippen molar-refractivity contribution in [3.05, 3.63) is 24.3 Å². The summed E-state index contributed by atoms with van der Waals surface area (Å²) in [4.78, 5) is 45.3. The van der Waals surface area contributed by atoms with Crippen molar-refractivity contribution in [2.45, 2.75) is 13.8 Å². The second-order valence-corrected chi connectivity index (χ2v) is 5.57. The van der Waals surface area contributed by atoms with Crippen molar-refractivity contribution in [3.63, 3.8) is 0 Å². The summed E-state index contributed by atoms with van der Waals surface area (Å²) in [6.07, 6.45) is 0. The molecular formula is C18H28N2O8. The predicted molar refractivity (Wildman–Crippen MR) is 99.2 cm³/mol. The quantitative estimate of drug-likeness (QED) is 0.173. The molecule has 158 valence electrons. The zero-order chi connectivity index (χ0) is 21.4. The van der Waals surface area contributed by atoms with Crippen molar-refractivity contribution in [3.8, 4) is 0 Å². The normalized spacial score (nSPS) is 9.93. The Balaban J connectivity index is 3.55. The highest BCUT2D eigenvalue weighted by Crippen LogP contribution is 1.92. The third-order valence-electron chi connectivity index (χ3n) is 2.89. The van der Waals surface area contributed by atoms with Crippen LogP contribution in [0.4, 0.5) is 0 Å². The molecule has 0 aromatic carbocycles. The lowest BCUT2D eigenvalue weighted by Gasteiger charge is -2.08. The van der Waals surface area contributed by atoms with E-state index in [1.54, 1.807) is 0 Å². The van der Waals surface area contributed by atoms with Gasteiger partial charge in [-0.3, -0.25) is 9.59 Å². The zero-order valence-electron chi connectivity index (χ0n) is 16.3. The molecule has 0 aliphatic rings. The van der Waals surface area contributed by atoms with Gasteiger partial charge in [0, 0.05) is 24.2 Å². The van der Waals surface area contributed by atoms with E-state index in [0.29, 0.717) is 11.1 Å². The average molecular weight is 400 g/mol. The van der Waals surface area contributed by atoms with Crippen LogP contribution in [0.15, 0.2) is 24.3 Å². The van der Waals surface area contributed by atoms with Gasteiger partial charge in [-0.15, -0.1) is 0 Å². The smallest absolute Gasteiger partial charge is 0.333 e. The van der Waals surface area contributed by atoms with Crippen LogP contribution in [0.1, 0.15) is 13.8 Å². The van der Waals surface area contributed by atoms with E-state index < -0.39 is 23.8 Å². The summed E-state index contributed by atoms with van der Waals surface area (Å²) in [5.41, 5.74) is 0.602. The van der Waals surface area contributed by atoms with Crippen LogP contribution in [0.3, 0.4) is 0 Å². The Morgan fingerprint density at radius 2 is 1.00 bits per heavy atom. The molecule has 2 amide bonds. The van der Waals surface area contributed by atoms with Crippen molar-refractivity contribution in [1.82, 2.24) is 10.6 Å². The molecule has 0 spiro atoms. The summed E-state index contributed by atoms with van der Waals surface area (Å²) < 4.78 is 19.9. The first-order valence-electron chi connectivity index (χ1n) is 8.62. The maximum absolute atomic E-state index is 11.5. The van der Waals surface area contributed by atoms with Gasteiger partial charge < -0.3 is 29.6 Å². The van der Waals surface area contributed by atoms with Gasteiger partial charge in [0.2, 0.25) is 0 Å². The van der Waals surface area contributed by atoms with E-state index >= 15 is 0 Å². The molecule has 0 bridgehead atoms. The van der Waals surface area contributed by atoms with Crippen molar-refractivity contribution < 1.29 is 38.1 Å². The minimum atomic E-state index is -0.798. The Morgan fingerprint density at radius 3 is 1.32 bits per heavy atom. The van der Waals surface area contributed by atoms with Crippen LogP contribution in [0, 0.1) is 0 Å². The Bertz CT molecular complexity index is 524. The number of esters is 2. The fourth-order valence-corrected chi connectivity index (χ4v) is 1.47. The van der Waals surface area contributed by atoms with Gasteiger partial charge in [0.15, 0.2) is 0 Å². The second kappa shape index (κ2) is 15.3. The molecule has 0 aromatic heterocycles. The van der Waals surface area contributed by atoms with Crippen molar-refractivity contribution in [2.75, 3.05) is 52.7 Å². The maximum Gasteiger partial charge on any atom is 0.333 e. The van der Waals surface area contributed by atoms with E-state index in [2.05, 4.69) is 23.8 Å². The Kier molecular flexibility index (Phi) is 13.9. The Labute approximate surface area is 164 Å². The Hall–Kier alpha value is -2.72. The fraction of sp³-hybridized carbons (Fsp3) is 0.556. The lowest BCUT2D eigenvalue weighted by atomic mass is 10.4. The van der Waals surface area contributed by atoms with Gasteiger partial charge in [-0.1, -0.05) is 13.2 Å². The molecule has 10 heteroatoms. The highest BCUT2D eigenvalue weighted by atomic mass is 16.6. The lowest BCUT2D eigenvalue weighted by Crippen LogP contribution is -2.42. The minimum Gasteiger partial charge on any atom is -0.460 e. The monoisotopic (exact) mass is 400 g/mol. The van der Waals surface area contributed by atoms with E-state index in [1.807, 2.05) is 0 Å². The standard InChI is InChI=1S/C18H28N2O8/c1-13(2)17(23)27-11-9-25-7-5-19-15(21)16(22)20-6-8-26-10-12-28-18(24)14(3)4/h1,3,5-12H2,2,4H3,(H,19,21)(H,20,22). The maximum atomic E-state index is 11.5. The van der Waals surface area contributed by atoms with Gasteiger partial charge in [-0.25, -0.2) is 9.59 Å². The third-order valence-corrected chi connectivity index (χ3v) is 2.89. The van der Waals surface area contributed by atoms with Crippen molar-refractivity contribution in [1.29, 1.82) is 0 Å². The third kappa shape index (κ3) is 13.5. The van der Waals surface area contributed by atoms with Crippen LogP contribution in [0.25, 0.3) is 0 Å².